The third-order valence-electron chi connectivity index (χ3n) is 4.35. The molecule has 2 amide bonds. The Morgan fingerprint density at radius 1 is 1.30 bits per heavy atom. The lowest BCUT2D eigenvalue weighted by Crippen LogP contribution is -2.49. The molecule has 2 saturated heterocycles. The summed E-state index contributed by atoms with van der Waals surface area (Å²) in [6, 6.07) is 0.140. The van der Waals surface area contributed by atoms with Gasteiger partial charge in [0.1, 0.15) is 0 Å². The van der Waals surface area contributed by atoms with Crippen LogP contribution in [0.1, 0.15) is 45.4 Å². The summed E-state index contributed by atoms with van der Waals surface area (Å²) < 4.78 is 0. The first-order valence-electron chi connectivity index (χ1n) is 7.90. The molecule has 2 aliphatic rings. The highest BCUT2D eigenvalue weighted by Gasteiger charge is 2.24. The second-order valence-electron chi connectivity index (χ2n) is 6.13. The molecule has 5 nitrogen and oxygen atoms in total. The fourth-order valence-corrected chi connectivity index (χ4v) is 3.27. The Bertz CT molecular complexity index is 340. The number of carbonyl (C=O) groups excluding carboxylic acids is 2. The van der Waals surface area contributed by atoms with Crippen LogP contribution in [0, 0.1) is 5.92 Å². The Hall–Kier alpha value is -1.10. The molecular formula is C15H27N3O2. The van der Waals surface area contributed by atoms with Crippen molar-refractivity contribution in [1.29, 1.82) is 0 Å². The van der Waals surface area contributed by atoms with Crippen LogP contribution in [0.4, 0.5) is 0 Å². The van der Waals surface area contributed by atoms with E-state index in [1.54, 1.807) is 0 Å². The number of rotatable bonds is 4. The van der Waals surface area contributed by atoms with E-state index >= 15 is 0 Å². The normalized spacial score (nSPS) is 27.1. The van der Waals surface area contributed by atoms with Gasteiger partial charge in [-0.15, -0.1) is 0 Å². The van der Waals surface area contributed by atoms with Gasteiger partial charge in [0.05, 0.1) is 0 Å². The van der Waals surface area contributed by atoms with Crippen LogP contribution < -0.4 is 10.6 Å². The summed E-state index contributed by atoms with van der Waals surface area (Å²) in [6.45, 7) is 5.24. The molecule has 114 valence electrons. The highest BCUT2D eigenvalue weighted by molar-refractivity contribution is 5.77. The van der Waals surface area contributed by atoms with Crippen molar-refractivity contribution in [2.24, 2.45) is 5.92 Å². The number of amides is 2. The molecule has 2 fully saturated rings. The zero-order chi connectivity index (χ0) is 14.4. The molecule has 2 aliphatic heterocycles. The molecule has 5 heteroatoms. The van der Waals surface area contributed by atoms with Crippen LogP contribution >= 0.6 is 0 Å². The Kier molecular flexibility index (Phi) is 5.83. The van der Waals surface area contributed by atoms with Gasteiger partial charge in [-0.1, -0.05) is 0 Å². The first-order chi connectivity index (χ1) is 9.65. The molecule has 0 aromatic heterocycles. The lowest BCUT2D eigenvalue weighted by atomic mass is 9.94. The fraction of sp³-hybridized carbons (Fsp3) is 0.867. The topological polar surface area (TPSA) is 61.4 Å². The van der Waals surface area contributed by atoms with Gasteiger partial charge in [-0.2, -0.15) is 0 Å². The predicted octanol–water partition coefficient (Wildman–Crippen LogP) is 0.893. The molecule has 0 aliphatic carbocycles. The minimum atomic E-state index is -0.00224. The Labute approximate surface area is 121 Å². The number of likely N-dealkylation sites (tertiary alicyclic amines) is 1. The number of nitrogens with zero attached hydrogens (tertiary/aromatic N) is 1. The summed E-state index contributed by atoms with van der Waals surface area (Å²) in [6.07, 6.45) is 6.09. The summed E-state index contributed by atoms with van der Waals surface area (Å²) >= 11 is 0. The molecule has 2 rings (SSSR count). The van der Waals surface area contributed by atoms with Gasteiger partial charge < -0.3 is 15.5 Å². The largest absolute Gasteiger partial charge is 0.352 e. The van der Waals surface area contributed by atoms with E-state index < -0.39 is 0 Å². The third-order valence-corrected chi connectivity index (χ3v) is 4.35. The molecule has 0 radical (unpaired) electrons. The van der Waals surface area contributed by atoms with E-state index in [4.69, 9.17) is 0 Å². The molecule has 0 saturated carbocycles. The zero-order valence-corrected chi connectivity index (χ0v) is 12.5. The SMILES string of the molecule is CC(=O)NC1CCCN(C(=O)CCC2CCCNC2)C1. The second-order valence-corrected chi connectivity index (χ2v) is 6.13. The summed E-state index contributed by atoms with van der Waals surface area (Å²) in [5, 5.41) is 6.32. The van der Waals surface area contributed by atoms with Crippen molar-refractivity contribution in [2.45, 2.75) is 51.5 Å². The summed E-state index contributed by atoms with van der Waals surface area (Å²) in [4.78, 5) is 25.3. The maximum Gasteiger partial charge on any atom is 0.222 e. The van der Waals surface area contributed by atoms with Crippen LogP contribution in [0.5, 0.6) is 0 Å². The van der Waals surface area contributed by atoms with Crippen LogP contribution in [-0.2, 0) is 9.59 Å². The fourth-order valence-electron chi connectivity index (χ4n) is 3.27. The number of piperidine rings is 2. The quantitative estimate of drug-likeness (QED) is 0.804. The molecule has 20 heavy (non-hydrogen) atoms. The van der Waals surface area contributed by atoms with Gasteiger partial charge in [-0.05, 0) is 51.1 Å². The third kappa shape index (κ3) is 4.78. The molecule has 2 unspecified atom stereocenters. The number of nitrogens with one attached hydrogen (secondary N) is 2. The van der Waals surface area contributed by atoms with Gasteiger partial charge in [-0.25, -0.2) is 0 Å². The Balaban J connectivity index is 1.72. The standard InChI is InChI=1S/C15H27N3O2/c1-12(19)17-14-5-3-9-18(11-14)15(20)7-6-13-4-2-8-16-10-13/h13-14,16H,2-11H2,1H3,(H,17,19). The molecule has 0 aromatic carbocycles. The average molecular weight is 281 g/mol. The second kappa shape index (κ2) is 7.62. The van der Waals surface area contributed by atoms with E-state index in [0.717, 1.165) is 38.9 Å². The van der Waals surface area contributed by atoms with Gasteiger partial charge >= 0.3 is 0 Å². The van der Waals surface area contributed by atoms with Crippen molar-refractivity contribution in [3.63, 3.8) is 0 Å². The average Bonchev–Trinajstić information content (AvgIpc) is 2.45. The summed E-state index contributed by atoms with van der Waals surface area (Å²) in [5.74, 6) is 0.909. The lowest BCUT2D eigenvalue weighted by molar-refractivity contribution is -0.133. The molecule has 0 aromatic rings. The smallest absolute Gasteiger partial charge is 0.222 e. The monoisotopic (exact) mass is 281 g/mol. The molecule has 2 heterocycles. The van der Waals surface area contributed by atoms with Crippen LogP contribution in [0.25, 0.3) is 0 Å². The first kappa shape index (κ1) is 15.3. The van der Waals surface area contributed by atoms with Crippen molar-refractivity contribution in [3.05, 3.63) is 0 Å². The van der Waals surface area contributed by atoms with Crippen LogP contribution in [0.15, 0.2) is 0 Å². The lowest BCUT2D eigenvalue weighted by Gasteiger charge is -2.33. The van der Waals surface area contributed by atoms with E-state index in [9.17, 15) is 9.59 Å². The number of hydrogen-bond donors (Lipinski definition) is 2. The van der Waals surface area contributed by atoms with Crippen molar-refractivity contribution in [2.75, 3.05) is 26.2 Å². The predicted molar refractivity (Wildman–Crippen MR) is 78.2 cm³/mol. The minimum Gasteiger partial charge on any atom is -0.352 e. The van der Waals surface area contributed by atoms with E-state index in [1.165, 1.54) is 19.8 Å². The highest BCUT2D eigenvalue weighted by Crippen LogP contribution is 2.18. The van der Waals surface area contributed by atoms with Crippen molar-refractivity contribution in [1.82, 2.24) is 15.5 Å². The zero-order valence-electron chi connectivity index (χ0n) is 12.5. The Morgan fingerprint density at radius 2 is 2.15 bits per heavy atom. The van der Waals surface area contributed by atoms with E-state index in [0.29, 0.717) is 18.9 Å². The van der Waals surface area contributed by atoms with E-state index in [-0.39, 0.29) is 17.9 Å². The molecule has 2 N–H and O–H groups in total. The van der Waals surface area contributed by atoms with Crippen molar-refractivity contribution >= 4 is 11.8 Å². The van der Waals surface area contributed by atoms with Crippen LogP contribution in [0.3, 0.4) is 0 Å². The van der Waals surface area contributed by atoms with Crippen LogP contribution in [0.2, 0.25) is 0 Å². The van der Waals surface area contributed by atoms with Gasteiger partial charge in [0, 0.05) is 32.5 Å². The van der Waals surface area contributed by atoms with Crippen LogP contribution in [-0.4, -0.2) is 48.9 Å². The summed E-state index contributed by atoms with van der Waals surface area (Å²) in [5.41, 5.74) is 0. The van der Waals surface area contributed by atoms with Gasteiger partial charge in [0.15, 0.2) is 0 Å². The highest BCUT2D eigenvalue weighted by atomic mass is 16.2. The number of carbonyl (C=O) groups is 2. The molecule has 2 atom stereocenters. The maximum absolute atomic E-state index is 12.3. The molecular weight excluding hydrogens is 254 g/mol. The maximum atomic E-state index is 12.3. The van der Waals surface area contributed by atoms with Crippen molar-refractivity contribution < 1.29 is 9.59 Å². The first-order valence-corrected chi connectivity index (χ1v) is 7.90. The van der Waals surface area contributed by atoms with E-state index in [2.05, 4.69) is 10.6 Å². The van der Waals surface area contributed by atoms with Crippen molar-refractivity contribution in [3.8, 4) is 0 Å². The van der Waals surface area contributed by atoms with Gasteiger partial charge in [-0.3, -0.25) is 9.59 Å². The number of hydrogen-bond acceptors (Lipinski definition) is 3. The Morgan fingerprint density at radius 3 is 2.85 bits per heavy atom. The minimum absolute atomic E-state index is 0.00224. The van der Waals surface area contributed by atoms with Gasteiger partial charge in [0.25, 0.3) is 0 Å². The molecule has 0 spiro atoms. The molecule has 0 bridgehead atoms. The van der Waals surface area contributed by atoms with Gasteiger partial charge in [0.2, 0.25) is 11.8 Å². The van der Waals surface area contributed by atoms with E-state index in [1.807, 2.05) is 4.90 Å². The summed E-state index contributed by atoms with van der Waals surface area (Å²) in [7, 11) is 0.